The minimum absolute atomic E-state index is 0.0395. The van der Waals surface area contributed by atoms with Gasteiger partial charge in [0.05, 0.1) is 18.7 Å². The van der Waals surface area contributed by atoms with Gasteiger partial charge in [0, 0.05) is 30.9 Å². The summed E-state index contributed by atoms with van der Waals surface area (Å²) in [5.41, 5.74) is 7.64. The van der Waals surface area contributed by atoms with Crippen molar-refractivity contribution in [1.82, 2.24) is 19.7 Å². The van der Waals surface area contributed by atoms with Crippen molar-refractivity contribution in [2.45, 2.75) is 32.2 Å². The molecule has 0 unspecified atom stereocenters. The summed E-state index contributed by atoms with van der Waals surface area (Å²) in [6, 6.07) is 13.8. The lowest BCUT2D eigenvalue weighted by Crippen LogP contribution is -2.36. The second-order valence-electron chi connectivity index (χ2n) is 7.32. The average molecular weight is 391 g/mol. The quantitative estimate of drug-likeness (QED) is 0.693. The van der Waals surface area contributed by atoms with Crippen LogP contribution in [-0.4, -0.2) is 38.7 Å². The SMILES string of the molecule is Cc1cc(N2CCC(n3nccc3NC(=O)Cc3ccccc3)CC2)nc(N)n1. The molecule has 8 nitrogen and oxygen atoms in total. The summed E-state index contributed by atoms with van der Waals surface area (Å²) in [5.74, 6) is 1.87. The van der Waals surface area contributed by atoms with Crippen LogP contribution >= 0.6 is 0 Å². The minimum Gasteiger partial charge on any atom is -0.368 e. The van der Waals surface area contributed by atoms with Gasteiger partial charge in [-0.1, -0.05) is 30.3 Å². The maximum Gasteiger partial charge on any atom is 0.229 e. The second-order valence-corrected chi connectivity index (χ2v) is 7.32. The molecular weight excluding hydrogens is 366 g/mol. The largest absolute Gasteiger partial charge is 0.368 e. The number of carbonyl (C=O) groups excluding carboxylic acids is 1. The fraction of sp³-hybridized carbons (Fsp3) is 0.333. The molecule has 0 aliphatic carbocycles. The molecule has 150 valence electrons. The Morgan fingerprint density at radius 1 is 1.17 bits per heavy atom. The van der Waals surface area contributed by atoms with Gasteiger partial charge in [0.15, 0.2) is 0 Å². The maximum atomic E-state index is 12.4. The van der Waals surface area contributed by atoms with Gasteiger partial charge in [0.25, 0.3) is 0 Å². The van der Waals surface area contributed by atoms with E-state index in [0.717, 1.165) is 48.8 Å². The summed E-state index contributed by atoms with van der Waals surface area (Å²) >= 11 is 0. The predicted octanol–water partition coefficient (Wildman–Crippen LogP) is 2.59. The number of nitrogens with two attached hydrogens (primary N) is 1. The van der Waals surface area contributed by atoms with E-state index < -0.39 is 0 Å². The first-order chi connectivity index (χ1) is 14.1. The number of aryl methyl sites for hydroxylation is 1. The van der Waals surface area contributed by atoms with Crippen molar-refractivity contribution in [2.75, 3.05) is 29.0 Å². The molecule has 3 N–H and O–H groups in total. The van der Waals surface area contributed by atoms with Gasteiger partial charge in [0.1, 0.15) is 11.6 Å². The number of nitrogen functional groups attached to an aromatic ring is 1. The zero-order valence-electron chi connectivity index (χ0n) is 16.5. The second kappa shape index (κ2) is 8.30. The van der Waals surface area contributed by atoms with Gasteiger partial charge in [-0.2, -0.15) is 10.1 Å². The molecule has 0 bridgehead atoms. The standard InChI is InChI=1S/C21H25N7O/c1-15-13-19(26-21(22)24-15)27-11-8-17(9-12-27)28-18(7-10-23-28)25-20(29)14-16-5-3-2-4-6-16/h2-7,10,13,17H,8-9,11-12,14H2,1H3,(H,25,29)(H2,22,24,26). The number of rotatable bonds is 5. The molecule has 3 aromatic rings. The third-order valence-electron chi connectivity index (χ3n) is 5.14. The van der Waals surface area contributed by atoms with E-state index in [9.17, 15) is 4.79 Å². The third kappa shape index (κ3) is 4.53. The Morgan fingerprint density at radius 3 is 2.66 bits per heavy atom. The van der Waals surface area contributed by atoms with Crippen molar-refractivity contribution in [3.05, 3.63) is 59.9 Å². The number of hydrogen-bond donors (Lipinski definition) is 2. The zero-order valence-corrected chi connectivity index (χ0v) is 16.5. The highest BCUT2D eigenvalue weighted by atomic mass is 16.1. The molecule has 4 rings (SSSR count). The van der Waals surface area contributed by atoms with E-state index in [-0.39, 0.29) is 11.9 Å². The molecule has 2 aromatic heterocycles. The smallest absolute Gasteiger partial charge is 0.229 e. The molecule has 29 heavy (non-hydrogen) atoms. The van der Waals surface area contributed by atoms with Crippen molar-refractivity contribution in [3.8, 4) is 0 Å². The van der Waals surface area contributed by atoms with Crippen LogP contribution in [0.1, 0.15) is 30.1 Å². The van der Waals surface area contributed by atoms with Crippen LogP contribution in [0, 0.1) is 6.92 Å². The van der Waals surface area contributed by atoms with Crippen LogP contribution < -0.4 is 16.0 Å². The van der Waals surface area contributed by atoms with Gasteiger partial charge >= 0.3 is 0 Å². The molecule has 0 saturated carbocycles. The number of hydrogen-bond acceptors (Lipinski definition) is 6. The average Bonchev–Trinajstić information content (AvgIpc) is 3.16. The lowest BCUT2D eigenvalue weighted by Gasteiger charge is -2.33. The number of carbonyl (C=O) groups is 1. The summed E-state index contributed by atoms with van der Waals surface area (Å²) in [5, 5.41) is 7.47. The molecule has 1 fully saturated rings. The predicted molar refractivity (Wildman–Crippen MR) is 113 cm³/mol. The number of anilines is 3. The Balaban J connectivity index is 1.38. The van der Waals surface area contributed by atoms with E-state index in [0.29, 0.717) is 12.4 Å². The molecule has 0 atom stereocenters. The van der Waals surface area contributed by atoms with Crippen LogP contribution in [0.2, 0.25) is 0 Å². The first-order valence-electron chi connectivity index (χ1n) is 9.82. The fourth-order valence-corrected chi connectivity index (χ4v) is 3.75. The number of aromatic nitrogens is 4. The van der Waals surface area contributed by atoms with Gasteiger partial charge in [-0.05, 0) is 25.3 Å². The molecule has 1 saturated heterocycles. The lowest BCUT2D eigenvalue weighted by atomic mass is 10.1. The molecule has 0 radical (unpaired) electrons. The Morgan fingerprint density at radius 2 is 1.93 bits per heavy atom. The molecule has 1 aliphatic heterocycles. The van der Waals surface area contributed by atoms with Crippen molar-refractivity contribution >= 4 is 23.5 Å². The third-order valence-corrected chi connectivity index (χ3v) is 5.14. The highest BCUT2D eigenvalue weighted by Gasteiger charge is 2.24. The number of amides is 1. The van der Waals surface area contributed by atoms with Crippen molar-refractivity contribution in [1.29, 1.82) is 0 Å². The molecule has 8 heteroatoms. The van der Waals surface area contributed by atoms with Gasteiger partial charge in [-0.3, -0.25) is 4.79 Å². The van der Waals surface area contributed by atoms with E-state index in [2.05, 4.69) is 25.3 Å². The van der Waals surface area contributed by atoms with Crippen LogP contribution in [0.5, 0.6) is 0 Å². The molecule has 1 aromatic carbocycles. The van der Waals surface area contributed by atoms with Gasteiger partial charge < -0.3 is 16.0 Å². The van der Waals surface area contributed by atoms with Gasteiger partial charge in [0.2, 0.25) is 11.9 Å². The lowest BCUT2D eigenvalue weighted by molar-refractivity contribution is -0.115. The summed E-state index contributed by atoms with van der Waals surface area (Å²) in [6.07, 6.45) is 3.90. The number of benzene rings is 1. The topological polar surface area (TPSA) is 102 Å². The Bertz CT molecular complexity index is 957. The van der Waals surface area contributed by atoms with Crippen LogP contribution in [0.3, 0.4) is 0 Å². The Labute approximate surface area is 169 Å². The molecule has 1 aliphatic rings. The monoisotopic (exact) mass is 391 g/mol. The zero-order chi connectivity index (χ0) is 20.2. The van der Waals surface area contributed by atoms with E-state index >= 15 is 0 Å². The van der Waals surface area contributed by atoms with E-state index in [1.54, 1.807) is 6.20 Å². The van der Waals surface area contributed by atoms with Crippen LogP contribution in [0.4, 0.5) is 17.6 Å². The summed E-state index contributed by atoms with van der Waals surface area (Å²) in [4.78, 5) is 23.1. The Hall–Kier alpha value is -3.42. The number of piperidine rings is 1. The van der Waals surface area contributed by atoms with Crippen molar-refractivity contribution in [3.63, 3.8) is 0 Å². The number of nitrogens with one attached hydrogen (secondary N) is 1. The van der Waals surface area contributed by atoms with E-state index in [4.69, 9.17) is 5.73 Å². The highest BCUT2D eigenvalue weighted by Crippen LogP contribution is 2.28. The van der Waals surface area contributed by atoms with Gasteiger partial charge in [-0.25, -0.2) is 9.67 Å². The van der Waals surface area contributed by atoms with E-state index in [1.165, 1.54) is 0 Å². The summed E-state index contributed by atoms with van der Waals surface area (Å²) in [6.45, 7) is 3.61. The first-order valence-corrected chi connectivity index (χ1v) is 9.82. The molecule has 1 amide bonds. The first kappa shape index (κ1) is 18.9. The maximum absolute atomic E-state index is 12.4. The van der Waals surface area contributed by atoms with Crippen molar-refractivity contribution < 1.29 is 4.79 Å². The number of nitrogens with zero attached hydrogens (tertiary/aromatic N) is 5. The van der Waals surface area contributed by atoms with Crippen LogP contribution in [0.15, 0.2) is 48.7 Å². The highest BCUT2D eigenvalue weighted by molar-refractivity contribution is 5.91. The van der Waals surface area contributed by atoms with Crippen molar-refractivity contribution in [2.24, 2.45) is 0 Å². The molecular formula is C21H25N7O. The molecule has 0 spiro atoms. The molecule has 3 heterocycles. The van der Waals surface area contributed by atoms with E-state index in [1.807, 2.05) is 54.1 Å². The van der Waals surface area contributed by atoms with Crippen LogP contribution in [0.25, 0.3) is 0 Å². The Kier molecular flexibility index (Phi) is 5.41. The summed E-state index contributed by atoms with van der Waals surface area (Å²) in [7, 11) is 0. The normalized spacial score (nSPS) is 14.7. The summed E-state index contributed by atoms with van der Waals surface area (Å²) < 4.78 is 1.93. The van der Waals surface area contributed by atoms with Gasteiger partial charge in [-0.15, -0.1) is 0 Å². The minimum atomic E-state index is -0.0395. The van der Waals surface area contributed by atoms with Crippen LogP contribution in [-0.2, 0) is 11.2 Å². The fourth-order valence-electron chi connectivity index (χ4n) is 3.75.